The highest BCUT2D eigenvalue weighted by Gasteiger charge is 2.42. The lowest BCUT2D eigenvalue weighted by Gasteiger charge is -2.22. The molecule has 0 saturated carbocycles. The number of sulfonamides is 1. The summed E-state index contributed by atoms with van der Waals surface area (Å²) in [5, 5.41) is 1.95. The quantitative estimate of drug-likeness (QED) is 0.569. The molecule has 1 amide bonds. The highest BCUT2D eigenvalue weighted by molar-refractivity contribution is 7.89. The van der Waals surface area contributed by atoms with Crippen LogP contribution < -0.4 is 10.0 Å². The molecule has 0 aliphatic heterocycles. The fourth-order valence-electron chi connectivity index (χ4n) is 2.88. The Morgan fingerprint density at radius 2 is 1.48 bits per heavy atom. The molecule has 0 fully saturated rings. The zero-order chi connectivity index (χ0) is 22.5. The van der Waals surface area contributed by atoms with E-state index in [9.17, 15) is 26.4 Å². The van der Waals surface area contributed by atoms with Crippen molar-refractivity contribution in [2.45, 2.75) is 23.7 Å². The molecule has 3 aromatic rings. The van der Waals surface area contributed by atoms with Gasteiger partial charge in [0.1, 0.15) is 0 Å². The Morgan fingerprint density at radius 1 is 0.871 bits per heavy atom. The van der Waals surface area contributed by atoms with Crippen LogP contribution in [0.25, 0.3) is 0 Å². The smallest absolute Gasteiger partial charge is 0.337 e. The fourth-order valence-corrected chi connectivity index (χ4v) is 3.94. The summed E-state index contributed by atoms with van der Waals surface area (Å²) < 4.78 is 68.0. The fraction of sp³-hybridized carbons (Fsp3) is 0.136. The Morgan fingerprint density at radius 3 is 2.10 bits per heavy atom. The maximum absolute atomic E-state index is 13.5. The molecule has 162 valence electrons. The van der Waals surface area contributed by atoms with Crippen LogP contribution in [0.4, 0.5) is 13.2 Å². The molecule has 2 N–H and O–H groups in total. The molecule has 0 aliphatic carbocycles. The molecule has 0 spiro atoms. The van der Waals surface area contributed by atoms with Crippen LogP contribution in [0.5, 0.6) is 0 Å². The molecular weight excluding hydrogens is 429 g/mol. The van der Waals surface area contributed by atoms with Gasteiger partial charge in [0.15, 0.2) is 6.04 Å². The zero-order valence-electron chi connectivity index (χ0n) is 16.1. The maximum Gasteiger partial charge on any atom is 0.412 e. The topological polar surface area (TPSA) is 75.3 Å². The van der Waals surface area contributed by atoms with Gasteiger partial charge in [-0.1, -0.05) is 66.7 Å². The number of benzene rings is 3. The monoisotopic (exact) mass is 448 g/mol. The minimum atomic E-state index is -4.72. The molecule has 3 rings (SSSR count). The molecule has 31 heavy (non-hydrogen) atoms. The second-order valence-electron chi connectivity index (χ2n) is 6.70. The molecule has 0 aliphatic rings. The van der Waals surface area contributed by atoms with E-state index in [2.05, 4.69) is 4.72 Å². The Bertz CT molecular complexity index is 1140. The molecule has 0 saturated heterocycles. The number of halogens is 3. The van der Waals surface area contributed by atoms with Gasteiger partial charge in [0, 0.05) is 12.1 Å². The third kappa shape index (κ3) is 5.93. The molecule has 1 unspecified atom stereocenters. The van der Waals surface area contributed by atoms with Crippen molar-refractivity contribution in [1.82, 2.24) is 10.0 Å². The van der Waals surface area contributed by atoms with Crippen molar-refractivity contribution in [3.63, 3.8) is 0 Å². The van der Waals surface area contributed by atoms with Gasteiger partial charge >= 0.3 is 6.18 Å². The van der Waals surface area contributed by atoms with E-state index >= 15 is 0 Å². The molecular formula is C22H19F3N2O3S. The van der Waals surface area contributed by atoms with Crippen molar-refractivity contribution >= 4 is 15.9 Å². The number of alkyl halides is 3. The van der Waals surface area contributed by atoms with Crippen molar-refractivity contribution in [2.24, 2.45) is 0 Å². The summed E-state index contributed by atoms with van der Waals surface area (Å²) in [6.07, 6.45) is -4.72. The lowest BCUT2D eigenvalue weighted by molar-refractivity contribution is -0.155. The highest BCUT2D eigenvalue weighted by atomic mass is 32.2. The first-order chi connectivity index (χ1) is 14.7. The lowest BCUT2D eigenvalue weighted by Crippen LogP contribution is -2.38. The Labute approximate surface area is 178 Å². The first-order valence-corrected chi connectivity index (χ1v) is 10.7. The number of nitrogens with one attached hydrogen (secondary N) is 2. The average Bonchev–Trinajstić information content (AvgIpc) is 2.76. The van der Waals surface area contributed by atoms with Crippen LogP contribution in [0.2, 0.25) is 0 Å². The standard InChI is InChI=1S/C22H19F3N2O3S/c23-22(24,25)20(17-10-5-2-6-11-17)27-21(28)18-12-7-13-19(14-18)31(29,30)26-15-16-8-3-1-4-9-16/h1-14,20,26H,15H2,(H,27,28). The van der Waals surface area contributed by atoms with Gasteiger partial charge in [0.2, 0.25) is 10.0 Å². The number of hydrogen-bond acceptors (Lipinski definition) is 3. The summed E-state index contributed by atoms with van der Waals surface area (Å²) >= 11 is 0. The summed E-state index contributed by atoms with van der Waals surface area (Å²) in [6.45, 7) is 0.0315. The van der Waals surface area contributed by atoms with Crippen LogP contribution in [0.3, 0.4) is 0 Å². The van der Waals surface area contributed by atoms with Gasteiger partial charge in [-0.3, -0.25) is 4.79 Å². The third-order valence-electron chi connectivity index (χ3n) is 4.45. The van der Waals surface area contributed by atoms with Crippen molar-refractivity contribution in [2.75, 3.05) is 0 Å². The van der Waals surface area contributed by atoms with Gasteiger partial charge in [0.25, 0.3) is 5.91 Å². The summed E-state index contributed by atoms with van der Waals surface area (Å²) in [7, 11) is -3.98. The van der Waals surface area contributed by atoms with Crippen molar-refractivity contribution in [3.05, 3.63) is 102 Å². The number of amides is 1. The van der Waals surface area contributed by atoms with E-state index in [0.29, 0.717) is 0 Å². The van der Waals surface area contributed by atoms with Crippen LogP contribution in [-0.2, 0) is 16.6 Å². The minimum absolute atomic E-state index is 0.0315. The number of carbonyl (C=O) groups is 1. The van der Waals surface area contributed by atoms with Gasteiger partial charge in [-0.25, -0.2) is 13.1 Å². The SMILES string of the molecule is O=C(NC(c1ccccc1)C(F)(F)F)c1cccc(S(=O)(=O)NCc2ccccc2)c1. The molecule has 0 radical (unpaired) electrons. The molecule has 5 nitrogen and oxygen atoms in total. The Balaban J connectivity index is 1.79. The minimum Gasteiger partial charge on any atom is -0.337 e. The summed E-state index contributed by atoms with van der Waals surface area (Å²) in [6, 6.07) is 18.4. The van der Waals surface area contributed by atoms with Crippen LogP contribution in [0, 0.1) is 0 Å². The van der Waals surface area contributed by atoms with Gasteiger partial charge in [-0.15, -0.1) is 0 Å². The van der Waals surface area contributed by atoms with Crippen LogP contribution in [-0.4, -0.2) is 20.5 Å². The first-order valence-electron chi connectivity index (χ1n) is 9.23. The molecule has 0 heterocycles. The van der Waals surface area contributed by atoms with E-state index in [4.69, 9.17) is 0 Å². The molecule has 1 atom stereocenters. The first kappa shape index (κ1) is 22.5. The van der Waals surface area contributed by atoms with Crippen molar-refractivity contribution in [3.8, 4) is 0 Å². The Kier molecular flexibility index (Phi) is 6.77. The maximum atomic E-state index is 13.5. The largest absolute Gasteiger partial charge is 0.412 e. The van der Waals surface area contributed by atoms with Gasteiger partial charge in [-0.2, -0.15) is 13.2 Å². The van der Waals surface area contributed by atoms with E-state index in [1.165, 1.54) is 42.5 Å². The highest BCUT2D eigenvalue weighted by Crippen LogP contribution is 2.32. The van der Waals surface area contributed by atoms with E-state index < -0.39 is 28.1 Å². The van der Waals surface area contributed by atoms with Crippen LogP contribution in [0.15, 0.2) is 89.8 Å². The van der Waals surface area contributed by atoms with Crippen LogP contribution in [0.1, 0.15) is 27.5 Å². The second-order valence-corrected chi connectivity index (χ2v) is 8.46. The summed E-state index contributed by atoms with van der Waals surface area (Å²) in [5.74, 6) is -1.04. The van der Waals surface area contributed by atoms with Crippen LogP contribution >= 0.6 is 0 Å². The lowest BCUT2D eigenvalue weighted by atomic mass is 10.1. The summed E-state index contributed by atoms with van der Waals surface area (Å²) in [4.78, 5) is 12.3. The number of rotatable bonds is 7. The third-order valence-corrected chi connectivity index (χ3v) is 5.85. The predicted octanol–water partition coefficient (Wildman–Crippen LogP) is 4.20. The summed E-state index contributed by atoms with van der Waals surface area (Å²) in [5.41, 5.74) is 0.403. The molecule has 0 aromatic heterocycles. The van der Waals surface area contributed by atoms with Crippen molar-refractivity contribution < 1.29 is 26.4 Å². The predicted molar refractivity (Wildman–Crippen MR) is 110 cm³/mol. The number of carbonyl (C=O) groups excluding carboxylic acids is 1. The van der Waals surface area contributed by atoms with E-state index in [1.54, 1.807) is 36.4 Å². The van der Waals surface area contributed by atoms with E-state index in [0.717, 1.165) is 11.6 Å². The van der Waals surface area contributed by atoms with E-state index in [-0.39, 0.29) is 22.6 Å². The Hall–Kier alpha value is -3.17. The van der Waals surface area contributed by atoms with Gasteiger partial charge in [0.05, 0.1) is 4.90 Å². The zero-order valence-corrected chi connectivity index (χ0v) is 17.0. The van der Waals surface area contributed by atoms with Gasteiger partial charge in [-0.05, 0) is 29.3 Å². The number of hydrogen-bond donors (Lipinski definition) is 2. The normalized spacial score (nSPS) is 12.9. The van der Waals surface area contributed by atoms with Gasteiger partial charge < -0.3 is 5.32 Å². The second kappa shape index (κ2) is 9.32. The molecule has 3 aromatic carbocycles. The average molecular weight is 448 g/mol. The molecule has 0 bridgehead atoms. The van der Waals surface area contributed by atoms with Crippen molar-refractivity contribution in [1.29, 1.82) is 0 Å². The van der Waals surface area contributed by atoms with E-state index in [1.807, 2.05) is 5.32 Å². The molecule has 9 heteroatoms.